The molecule has 4 aromatic rings. The Morgan fingerprint density at radius 2 is 1.92 bits per heavy atom. The minimum atomic E-state index is -0.275. The van der Waals surface area contributed by atoms with E-state index in [4.69, 9.17) is 0 Å². The first kappa shape index (κ1) is 14.6. The number of nitrogens with zero attached hydrogens (tertiary/aromatic N) is 1. The van der Waals surface area contributed by atoms with E-state index in [9.17, 15) is 9.59 Å². The van der Waals surface area contributed by atoms with E-state index >= 15 is 0 Å². The number of imidazole rings is 1. The largest absolute Gasteiger partial charge is 0.344 e. The van der Waals surface area contributed by atoms with Gasteiger partial charge in [-0.3, -0.25) is 9.59 Å². The van der Waals surface area contributed by atoms with Gasteiger partial charge in [-0.15, -0.1) is 0 Å². The van der Waals surface area contributed by atoms with E-state index in [1.54, 1.807) is 12.1 Å². The monoisotopic (exact) mass is 335 g/mol. The van der Waals surface area contributed by atoms with Crippen LogP contribution in [-0.2, 0) is 6.54 Å². The van der Waals surface area contributed by atoms with Crippen molar-refractivity contribution in [3.05, 3.63) is 74.8 Å². The maximum atomic E-state index is 12.3. The van der Waals surface area contributed by atoms with Crippen molar-refractivity contribution in [3.8, 4) is 0 Å². The van der Waals surface area contributed by atoms with Gasteiger partial charge in [-0.25, -0.2) is 4.98 Å². The summed E-state index contributed by atoms with van der Waals surface area (Å²) < 4.78 is -0.109. The Kier molecular flexibility index (Phi) is 3.59. The molecule has 2 aromatic heterocycles. The van der Waals surface area contributed by atoms with Gasteiger partial charge in [-0.05, 0) is 29.7 Å². The van der Waals surface area contributed by atoms with Crippen LogP contribution < -0.4 is 10.1 Å². The second-order valence-corrected chi connectivity index (χ2v) is 6.38. The van der Waals surface area contributed by atoms with Crippen molar-refractivity contribution in [2.24, 2.45) is 0 Å². The number of nitrogens with one attached hydrogen (secondary N) is 2. The lowest BCUT2D eigenvalue weighted by molar-refractivity contribution is 0.0954. The van der Waals surface area contributed by atoms with Crippen molar-refractivity contribution in [2.45, 2.75) is 6.54 Å². The fourth-order valence-corrected chi connectivity index (χ4v) is 3.43. The van der Waals surface area contributed by atoms with Crippen molar-refractivity contribution < 1.29 is 4.79 Å². The van der Waals surface area contributed by atoms with Gasteiger partial charge in [0.15, 0.2) is 0 Å². The van der Waals surface area contributed by atoms with E-state index in [1.165, 1.54) is 0 Å². The molecule has 2 heterocycles. The van der Waals surface area contributed by atoms with Crippen molar-refractivity contribution in [3.63, 3.8) is 0 Å². The summed E-state index contributed by atoms with van der Waals surface area (Å²) >= 11 is 0.957. The van der Waals surface area contributed by atoms with Gasteiger partial charge in [0.2, 0.25) is 4.74 Å². The second-order valence-electron chi connectivity index (χ2n) is 5.37. The Morgan fingerprint density at radius 3 is 2.79 bits per heavy atom. The van der Waals surface area contributed by atoms with Crippen LogP contribution >= 0.6 is 11.3 Å². The molecule has 1 amide bonds. The molecule has 0 unspecified atom stereocenters. The number of carbonyl (C=O) groups excluding carboxylic acids is 1. The Balaban J connectivity index is 1.56. The van der Waals surface area contributed by atoms with Crippen LogP contribution in [0, 0.1) is 0 Å². The Morgan fingerprint density at radius 1 is 1.12 bits per heavy atom. The molecule has 0 radical (unpaired) electrons. The molecule has 2 N–H and O–H groups in total. The van der Waals surface area contributed by atoms with Crippen LogP contribution in [0.15, 0.2) is 59.4 Å². The van der Waals surface area contributed by atoms with Crippen LogP contribution in [0.1, 0.15) is 15.5 Å². The smallest absolute Gasteiger partial charge is 0.261 e. The van der Waals surface area contributed by atoms with Gasteiger partial charge >= 0.3 is 0 Å². The zero-order chi connectivity index (χ0) is 16.5. The minimum absolute atomic E-state index is 0.109. The summed E-state index contributed by atoms with van der Waals surface area (Å²) in [4.78, 5) is 32.4. The third-order valence-corrected chi connectivity index (χ3v) is 4.68. The summed E-state index contributed by atoms with van der Waals surface area (Å²) in [6.45, 7) is 0.279. The zero-order valence-electron chi connectivity index (χ0n) is 12.6. The molecule has 24 heavy (non-hydrogen) atoms. The van der Waals surface area contributed by atoms with Crippen LogP contribution in [0.3, 0.4) is 0 Å². The molecule has 0 spiro atoms. The van der Waals surface area contributed by atoms with Gasteiger partial charge in [0, 0.05) is 5.39 Å². The highest BCUT2D eigenvalue weighted by molar-refractivity contribution is 7.12. The van der Waals surface area contributed by atoms with Crippen molar-refractivity contribution in [1.29, 1.82) is 0 Å². The lowest BCUT2D eigenvalue weighted by atomic mass is 10.2. The van der Waals surface area contributed by atoms with Crippen molar-refractivity contribution in [1.82, 2.24) is 15.3 Å². The van der Waals surface area contributed by atoms with E-state index < -0.39 is 0 Å². The van der Waals surface area contributed by atoms with Gasteiger partial charge in [-0.2, -0.15) is 0 Å². The van der Waals surface area contributed by atoms with Crippen LogP contribution in [0.25, 0.3) is 21.8 Å². The van der Waals surface area contributed by atoms with Crippen LogP contribution in [-0.4, -0.2) is 15.9 Å². The molecule has 5 nitrogen and oxygen atoms in total. The van der Waals surface area contributed by atoms with E-state index in [1.807, 2.05) is 42.5 Å². The molecular formula is C18H13N3O2S. The number of para-hydroxylation sites is 2. The topological polar surface area (TPSA) is 74.8 Å². The summed E-state index contributed by atoms with van der Waals surface area (Å²) in [7, 11) is 0. The van der Waals surface area contributed by atoms with Gasteiger partial charge in [-0.1, -0.05) is 41.7 Å². The zero-order valence-corrected chi connectivity index (χ0v) is 13.4. The SMILES string of the molecule is O=C(NCc1nc2ccccc2[nH]1)c1cc2ccccc2c(=O)s1. The highest BCUT2D eigenvalue weighted by atomic mass is 32.1. The number of rotatable bonds is 3. The number of hydrogen-bond donors (Lipinski definition) is 2. The van der Waals surface area contributed by atoms with E-state index in [-0.39, 0.29) is 17.2 Å². The molecule has 4 rings (SSSR count). The Labute approximate surface area is 141 Å². The van der Waals surface area contributed by atoms with Crippen molar-refractivity contribution in [2.75, 3.05) is 0 Å². The third-order valence-electron chi connectivity index (χ3n) is 3.75. The molecule has 2 aromatic carbocycles. The summed E-state index contributed by atoms with van der Waals surface area (Å²) in [5.41, 5.74) is 1.79. The van der Waals surface area contributed by atoms with E-state index in [2.05, 4.69) is 15.3 Å². The molecule has 0 saturated heterocycles. The molecule has 0 bridgehead atoms. The normalized spacial score (nSPS) is 11.0. The predicted molar refractivity (Wildman–Crippen MR) is 95.4 cm³/mol. The number of aromatic amines is 1. The highest BCUT2D eigenvalue weighted by Gasteiger charge is 2.11. The van der Waals surface area contributed by atoms with Gasteiger partial charge in [0.25, 0.3) is 5.91 Å². The summed E-state index contributed by atoms with van der Waals surface area (Å²) in [5, 5.41) is 4.22. The van der Waals surface area contributed by atoms with Gasteiger partial charge in [0.05, 0.1) is 22.5 Å². The first-order chi connectivity index (χ1) is 11.7. The Hall–Kier alpha value is -2.99. The lowest BCUT2D eigenvalue weighted by Gasteiger charge is -2.03. The fraction of sp³-hybridized carbons (Fsp3) is 0.0556. The molecule has 6 heteroatoms. The van der Waals surface area contributed by atoms with Gasteiger partial charge < -0.3 is 10.3 Å². The maximum absolute atomic E-state index is 12.3. The van der Waals surface area contributed by atoms with E-state index in [0.717, 1.165) is 27.8 Å². The quantitative estimate of drug-likeness (QED) is 0.604. The molecule has 0 atom stereocenters. The maximum Gasteiger partial charge on any atom is 0.261 e. The standard InChI is InChI=1S/C18H13N3O2S/c22-17(15-9-11-5-1-2-6-12(11)18(23)24-15)19-10-16-20-13-7-3-4-8-14(13)21-16/h1-9H,10H2,(H,19,22)(H,20,21). The number of fused-ring (bicyclic) bond motifs is 2. The summed E-state index contributed by atoms with van der Waals surface area (Å²) in [5.74, 6) is 0.404. The summed E-state index contributed by atoms with van der Waals surface area (Å²) in [6.07, 6.45) is 0. The minimum Gasteiger partial charge on any atom is -0.344 e. The summed E-state index contributed by atoms with van der Waals surface area (Å²) in [6, 6.07) is 16.7. The molecule has 0 aliphatic carbocycles. The first-order valence-corrected chi connectivity index (χ1v) is 8.27. The average Bonchev–Trinajstić information content (AvgIpc) is 3.02. The fourth-order valence-electron chi connectivity index (χ4n) is 2.59. The van der Waals surface area contributed by atoms with Crippen LogP contribution in [0.4, 0.5) is 0 Å². The number of amides is 1. The molecule has 0 saturated carbocycles. The second kappa shape index (κ2) is 5.90. The third kappa shape index (κ3) is 2.68. The number of H-pyrrole nitrogens is 1. The number of benzene rings is 2. The van der Waals surface area contributed by atoms with Gasteiger partial charge in [0.1, 0.15) is 5.82 Å². The molecule has 0 fully saturated rings. The molecule has 0 aliphatic rings. The molecule has 0 aliphatic heterocycles. The van der Waals surface area contributed by atoms with E-state index in [0.29, 0.717) is 16.1 Å². The van der Waals surface area contributed by atoms with Crippen molar-refractivity contribution >= 4 is 39.0 Å². The number of carbonyl (C=O) groups is 1. The van der Waals surface area contributed by atoms with Crippen LogP contribution in [0.5, 0.6) is 0 Å². The first-order valence-electron chi connectivity index (χ1n) is 7.45. The lowest BCUT2D eigenvalue weighted by Crippen LogP contribution is -2.23. The molecule has 118 valence electrons. The average molecular weight is 335 g/mol. The highest BCUT2D eigenvalue weighted by Crippen LogP contribution is 2.15. The Bertz CT molecular complexity index is 1080. The number of aromatic nitrogens is 2. The predicted octanol–water partition coefficient (Wildman–Crippen LogP) is 3.07. The van der Waals surface area contributed by atoms with Crippen LogP contribution in [0.2, 0.25) is 0 Å². The molecular weight excluding hydrogens is 322 g/mol. The number of hydrogen-bond acceptors (Lipinski definition) is 4.